The molecule has 0 aliphatic rings. The van der Waals surface area contributed by atoms with Crippen molar-refractivity contribution in [2.45, 2.75) is 245 Å². The van der Waals surface area contributed by atoms with Gasteiger partial charge in [0.25, 0.3) is 0 Å². The zero-order chi connectivity index (χ0) is 49.2. The van der Waals surface area contributed by atoms with Crippen LogP contribution in [0, 0.1) is 0 Å². The summed E-state index contributed by atoms with van der Waals surface area (Å²) >= 11 is 0. The van der Waals surface area contributed by atoms with Crippen LogP contribution in [0.4, 0.5) is 0 Å². The first kappa shape index (κ1) is 64.3. The Morgan fingerprint density at radius 3 is 1.13 bits per heavy atom. The summed E-state index contributed by atoms with van der Waals surface area (Å²) in [6.45, 7) is 7.49. The van der Waals surface area contributed by atoms with E-state index in [1.54, 1.807) is 0 Å². The topological polar surface area (TPSA) is 61.8 Å². The van der Waals surface area contributed by atoms with Gasteiger partial charge in [0.05, 0.1) is 6.61 Å². The van der Waals surface area contributed by atoms with E-state index in [4.69, 9.17) is 14.2 Å². The molecule has 0 aromatic heterocycles. The third kappa shape index (κ3) is 54.9. The SMILES string of the molecule is CC/C=C\C/C=C\C/C=C\C/C=C\C/C=C\C/C=C\CCC(=O)OCC(COCCCCCCCCCC/C=C\CCCCCCCC)OC(=O)CCCCCCC/C=C\C/C=C\C/C=C\CC. The monoisotopic (exact) mass is 941 g/mol. The van der Waals surface area contributed by atoms with E-state index in [1.165, 1.54) is 103 Å². The molecule has 0 aliphatic heterocycles. The number of carbonyl (C=O) groups is 2. The van der Waals surface area contributed by atoms with E-state index in [9.17, 15) is 9.59 Å². The van der Waals surface area contributed by atoms with Gasteiger partial charge in [0.2, 0.25) is 0 Å². The summed E-state index contributed by atoms with van der Waals surface area (Å²) < 4.78 is 17.4. The van der Waals surface area contributed by atoms with Crippen molar-refractivity contribution >= 4 is 11.9 Å². The minimum absolute atomic E-state index is 0.0302. The van der Waals surface area contributed by atoms with E-state index in [-0.39, 0.29) is 25.2 Å². The van der Waals surface area contributed by atoms with Gasteiger partial charge in [-0.25, -0.2) is 0 Å². The number of ether oxygens (including phenoxy) is 3. The minimum atomic E-state index is -0.586. The van der Waals surface area contributed by atoms with Crippen molar-refractivity contribution in [1.82, 2.24) is 0 Å². The molecule has 0 spiro atoms. The molecule has 0 heterocycles. The average molecular weight is 942 g/mol. The lowest BCUT2D eigenvalue weighted by Crippen LogP contribution is -2.30. The summed E-state index contributed by atoms with van der Waals surface area (Å²) in [5, 5.41) is 0. The second-order valence-corrected chi connectivity index (χ2v) is 18.1. The standard InChI is InChI=1S/C63H104O5/c1-4-7-10-13-16-19-22-25-28-30-32-33-36-38-41-44-47-50-53-56-62(64)67-60-61(68-63(65)57-54-51-48-45-42-39-35-27-24-21-18-15-12-9-6-3)59-66-58-55-52-49-46-43-40-37-34-31-29-26-23-20-17-14-11-8-5-2/h7,9-10,12,16,18-19,21,25-29,32-33,35,38,41,47,50,61H,4-6,8,11,13-15,17,20,22-24,30-31,34,36-37,39-40,42-46,48-49,51-60H2,1-3H3/b10-7-,12-9-,19-16-,21-18-,28-25-,29-26-,33-32-,35-27-,41-38-,50-47-. The highest BCUT2D eigenvalue weighted by Gasteiger charge is 2.17. The molecule has 0 saturated heterocycles. The molecule has 68 heavy (non-hydrogen) atoms. The predicted octanol–water partition coefficient (Wildman–Crippen LogP) is 19.3. The molecule has 1 unspecified atom stereocenters. The quantitative estimate of drug-likeness (QED) is 0.0345. The van der Waals surface area contributed by atoms with E-state index in [0.29, 0.717) is 25.9 Å². The van der Waals surface area contributed by atoms with Crippen molar-refractivity contribution in [2.24, 2.45) is 0 Å². The summed E-state index contributed by atoms with van der Waals surface area (Å²) in [5.41, 5.74) is 0. The van der Waals surface area contributed by atoms with Crippen LogP contribution in [0.3, 0.4) is 0 Å². The molecular weight excluding hydrogens is 837 g/mol. The molecular formula is C63H104O5. The van der Waals surface area contributed by atoms with Crippen LogP contribution >= 0.6 is 0 Å². The Bertz CT molecular complexity index is 1390. The van der Waals surface area contributed by atoms with Gasteiger partial charge >= 0.3 is 11.9 Å². The molecule has 0 N–H and O–H groups in total. The highest BCUT2D eigenvalue weighted by atomic mass is 16.6. The Morgan fingerprint density at radius 1 is 0.338 bits per heavy atom. The van der Waals surface area contributed by atoms with Gasteiger partial charge in [-0.3, -0.25) is 9.59 Å². The molecule has 1 atom stereocenters. The number of allylic oxidation sites excluding steroid dienone is 20. The first-order valence-corrected chi connectivity index (χ1v) is 28.1. The van der Waals surface area contributed by atoms with E-state index >= 15 is 0 Å². The number of esters is 2. The van der Waals surface area contributed by atoms with Gasteiger partial charge in [-0.2, -0.15) is 0 Å². The lowest BCUT2D eigenvalue weighted by Gasteiger charge is -2.18. The van der Waals surface area contributed by atoms with Gasteiger partial charge < -0.3 is 14.2 Å². The fourth-order valence-corrected chi connectivity index (χ4v) is 7.37. The molecule has 0 aromatic rings. The Morgan fingerprint density at radius 2 is 0.691 bits per heavy atom. The average Bonchev–Trinajstić information content (AvgIpc) is 3.34. The van der Waals surface area contributed by atoms with Crippen molar-refractivity contribution in [3.05, 3.63) is 122 Å². The number of hydrogen-bond donors (Lipinski definition) is 0. The molecule has 0 saturated carbocycles. The largest absolute Gasteiger partial charge is 0.462 e. The fourth-order valence-electron chi connectivity index (χ4n) is 7.37. The number of carbonyl (C=O) groups excluding carboxylic acids is 2. The van der Waals surface area contributed by atoms with Crippen molar-refractivity contribution in [1.29, 1.82) is 0 Å². The maximum atomic E-state index is 12.8. The van der Waals surface area contributed by atoms with Gasteiger partial charge in [0, 0.05) is 19.4 Å². The Labute approximate surface area is 420 Å². The summed E-state index contributed by atoms with van der Waals surface area (Å²) in [6.07, 6.45) is 80.9. The predicted molar refractivity (Wildman–Crippen MR) is 297 cm³/mol. The second kappa shape index (κ2) is 57.6. The van der Waals surface area contributed by atoms with Crippen LogP contribution in [0.25, 0.3) is 0 Å². The van der Waals surface area contributed by atoms with E-state index in [1.807, 2.05) is 6.08 Å². The van der Waals surface area contributed by atoms with Crippen molar-refractivity contribution in [2.75, 3.05) is 19.8 Å². The van der Waals surface area contributed by atoms with Gasteiger partial charge in [-0.1, -0.05) is 232 Å². The maximum absolute atomic E-state index is 12.8. The van der Waals surface area contributed by atoms with E-state index < -0.39 is 6.10 Å². The number of rotatable bonds is 50. The molecule has 386 valence electrons. The van der Waals surface area contributed by atoms with Crippen LogP contribution < -0.4 is 0 Å². The number of unbranched alkanes of at least 4 members (excludes halogenated alkanes) is 19. The lowest BCUT2D eigenvalue weighted by molar-refractivity contribution is -0.162. The van der Waals surface area contributed by atoms with Crippen LogP contribution in [-0.2, 0) is 23.8 Å². The van der Waals surface area contributed by atoms with Gasteiger partial charge in [-0.15, -0.1) is 0 Å². The fraction of sp³-hybridized carbons (Fsp3) is 0.651. The normalized spacial score (nSPS) is 13.2. The molecule has 0 fully saturated rings. The zero-order valence-corrected chi connectivity index (χ0v) is 44.3. The molecule has 0 aliphatic carbocycles. The third-order valence-corrected chi connectivity index (χ3v) is 11.5. The van der Waals surface area contributed by atoms with Crippen molar-refractivity contribution in [3.8, 4) is 0 Å². The minimum Gasteiger partial charge on any atom is -0.462 e. The van der Waals surface area contributed by atoms with Crippen LogP contribution in [-0.4, -0.2) is 37.9 Å². The zero-order valence-electron chi connectivity index (χ0n) is 44.3. The highest BCUT2D eigenvalue weighted by molar-refractivity contribution is 5.70. The Balaban J connectivity index is 4.43. The lowest BCUT2D eigenvalue weighted by atomic mass is 10.1. The van der Waals surface area contributed by atoms with E-state index in [0.717, 1.165) is 96.3 Å². The first-order chi connectivity index (χ1) is 33.6. The third-order valence-electron chi connectivity index (χ3n) is 11.5. The molecule has 5 heteroatoms. The van der Waals surface area contributed by atoms with Gasteiger partial charge in [-0.05, 0) is 116 Å². The molecule has 0 radical (unpaired) electrons. The summed E-state index contributed by atoms with van der Waals surface area (Å²) in [5.74, 6) is -0.519. The van der Waals surface area contributed by atoms with Crippen LogP contribution in [0.15, 0.2) is 122 Å². The molecule has 0 rings (SSSR count). The molecule has 0 bridgehead atoms. The molecule has 0 aromatic carbocycles. The van der Waals surface area contributed by atoms with Crippen molar-refractivity contribution in [3.63, 3.8) is 0 Å². The van der Waals surface area contributed by atoms with Crippen LogP contribution in [0.5, 0.6) is 0 Å². The van der Waals surface area contributed by atoms with Crippen LogP contribution in [0.1, 0.15) is 239 Å². The smallest absolute Gasteiger partial charge is 0.306 e. The summed E-state index contributed by atoms with van der Waals surface area (Å²) in [4.78, 5) is 25.5. The first-order valence-electron chi connectivity index (χ1n) is 28.1. The summed E-state index contributed by atoms with van der Waals surface area (Å²) in [6, 6.07) is 0. The highest BCUT2D eigenvalue weighted by Crippen LogP contribution is 2.13. The number of hydrogen-bond acceptors (Lipinski definition) is 5. The molecule has 5 nitrogen and oxygen atoms in total. The van der Waals surface area contributed by atoms with Gasteiger partial charge in [0.1, 0.15) is 6.61 Å². The van der Waals surface area contributed by atoms with E-state index in [2.05, 4.69) is 136 Å². The maximum Gasteiger partial charge on any atom is 0.306 e. The Hall–Kier alpha value is -3.70. The molecule has 0 amide bonds. The van der Waals surface area contributed by atoms with Crippen LogP contribution in [0.2, 0.25) is 0 Å². The second-order valence-electron chi connectivity index (χ2n) is 18.1. The van der Waals surface area contributed by atoms with Gasteiger partial charge in [0.15, 0.2) is 6.10 Å². The summed E-state index contributed by atoms with van der Waals surface area (Å²) in [7, 11) is 0. The van der Waals surface area contributed by atoms with Crippen molar-refractivity contribution < 1.29 is 23.8 Å². The Kier molecular flexibility index (Phi) is 54.5.